The van der Waals surface area contributed by atoms with Gasteiger partial charge in [0.05, 0.1) is 11.7 Å². The Balaban J connectivity index is 2.09. The van der Waals surface area contributed by atoms with Gasteiger partial charge in [0.1, 0.15) is 5.69 Å². The van der Waals surface area contributed by atoms with Gasteiger partial charge in [0.15, 0.2) is 6.10 Å². The van der Waals surface area contributed by atoms with Crippen LogP contribution >= 0.6 is 0 Å². The molecule has 28 heavy (non-hydrogen) atoms. The molecule has 1 amide bonds. The Kier molecular flexibility index (Phi) is 6.62. The average Bonchev–Trinajstić information content (AvgIpc) is 2.88. The highest BCUT2D eigenvalue weighted by atomic mass is 16.6. The lowest BCUT2D eigenvalue weighted by atomic mass is 10.1. The molecular weight excluding hydrogens is 360 g/mol. The minimum atomic E-state index is -1.01. The molecule has 0 saturated heterocycles. The molecule has 0 fully saturated rings. The fourth-order valence-electron chi connectivity index (χ4n) is 2.77. The molecule has 0 saturated carbocycles. The van der Waals surface area contributed by atoms with E-state index in [0.717, 1.165) is 5.56 Å². The van der Waals surface area contributed by atoms with Crippen LogP contribution in [0.1, 0.15) is 58.4 Å². The van der Waals surface area contributed by atoms with E-state index < -0.39 is 23.9 Å². The summed E-state index contributed by atoms with van der Waals surface area (Å²) in [4.78, 5) is 39.9. The summed E-state index contributed by atoms with van der Waals surface area (Å²) in [5.41, 5.74) is 2.99. The molecule has 0 unspecified atom stereocenters. The summed E-state index contributed by atoms with van der Waals surface area (Å²) in [5, 5.41) is 2.71. The van der Waals surface area contributed by atoms with Crippen LogP contribution < -0.4 is 5.32 Å². The first kappa shape index (κ1) is 21.2. The van der Waals surface area contributed by atoms with Crippen LogP contribution in [0.15, 0.2) is 24.3 Å². The van der Waals surface area contributed by atoms with Crippen LogP contribution in [0.3, 0.4) is 0 Å². The highest BCUT2D eigenvalue weighted by Crippen LogP contribution is 2.21. The lowest BCUT2D eigenvalue weighted by Gasteiger charge is -2.14. The summed E-state index contributed by atoms with van der Waals surface area (Å²) in [5.74, 6) is -1.67. The van der Waals surface area contributed by atoms with Crippen LogP contribution in [0.5, 0.6) is 0 Å². The molecule has 2 aromatic rings. The van der Waals surface area contributed by atoms with Gasteiger partial charge in [-0.05, 0) is 64.8 Å². The molecule has 0 radical (unpaired) electrons. The Morgan fingerprint density at radius 1 is 1.00 bits per heavy atom. The third-order valence-electron chi connectivity index (χ3n) is 4.13. The fraction of sp³-hybridized carbons (Fsp3) is 0.381. The van der Waals surface area contributed by atoms with Gasteiger partial charge in [0, 0.05) is 11.4 Å². The van der Waals surface area contributed by atoms with Crippen molar-refractivity contribution in [3.63, 3.8) is 0 Å². The Morgan fingerprint density at radius 2 is 1.68 bits per heavy atom. The number of amides is 1. The first-order chi connectivity index (χ1) is 13.1. The van der Waals surface area contributed by atoms with Gasteiger partial charge in [-0.25, -0.2) is 9.59 Å². The average molecular weight is 386 g/mol. The second kappa shape index (κ2) is 8.73. The molecule has 0 bridgehead atoms. The number of esters is 2. The Hall–Kier alpha value is -3.09. The van der Waals surface area contributed by atoms with Gasteiger partial charge in [-0.3, -0.25) is 4.79 Å². The second-order valence-corrected chi connectivity index (χ2v) is 6.99. The van der Waals surface area contributed by atoms with E-state index in [1.54, 1.807) is 33.8 Å². The zero-order chi connectivity index (χ0) is 21.0. The number of hydrogen-bond acceptors (Lipinski definition) is 5. The predicted molar refractivity (Wildman–Crippen MR) is 106 cm³/mol. The number of ether oxygens (including phenoxy) is 2. The summed E-state index contributed by atoms with van der Waals surface area (Å²) < 4.78 is 10.5. The molecule has 1 aromatic carbocycles. The maximum atomic E-state index is 12.5. The maximum Gasteiger partial charge on any atom is 0.355 e. The van der Waals surface area contributed by atoms with Crippen molar-refractivity contribution >= 4 is 23.5 Å². The van der Waals surface area contributed by atoms with E-state index >= 15 is 0 Å². The number of H-pyrrole nitrogens is 1. The molecule has 0 spiro atoms. The molecule has 1 aromatic heterocycles. The minimum Gasteiger partial charge on any atom is -0.459 e. The van der Waals surface area contributed by atoms with E-state index in [2.05, 4.69) is 10.3 Å². The SMILES string of the molecule is Cc1cccc(NC(=O)[C@@H](C)OC(=O)c2[nH]c(C)c(C(=O)OC(C)C)c2C)c1. The molecular formula is C21H26N2O5. The highest BCUT2D eigenvalue weighted by Gasteiger charge is 2.27. The Labute approximate surface area is 164 Å². The summed E-state index contributed by atoms with van der Waals surface area (Å²) >= 11 is 0. The number of carbonyl (C=O) groups is 3. The van der Waals surface area contributed by atoms with Crippen molar-refractivity contribution in [2.45, 2.75) is 53.8 Å². The first-order valence-electron chi connectivity index (χ1n) is 9.08. The van der Waals surface area contributed by atoms with E-state index in [1.165, 1.54) is 6.92 Å². The lowest BCUT2D eigenvalue weighted by Crippen LogP contribution is -2.30. The first-order valence-corrected chi connectivity index (χ1v) is 9.08. The summed E-state index contributed by atoms with van der Waals surface area (Å²) in [7, 11) is 0. The maximum absolute atomic E-state index is 12.5. The Bertz CT molecular complexity index is 898. The second-order valence-electron chi connectivity index (χ2n) is 6.99. The van der Waals surface area contributed by atoms with Crippen LogP contribution in [0.2, 0.25) is 0 Å². The molecule has 0 aliphatic carbocycles. The van der Waals surface area contributed by atoms with Gasteiger partial charge in [-0.1, -0.05) is 12.1 Å². The molecule has 7 heteroatoms. The van der Waals surface area contributed by atoms with Crippen LogP contribution in [-0.4, -0.2) is 35.0 Å². The van der Waals surface area contributed by atoms with Gasteiger partial charge >= 0.3 is 11.9 Å². The fourth-order valence-corrected chi connectivity index (χ4v) is 2.77. The zero-order valence-electron chi connectivity index (χ0n) is 17.0. The van der Waals surface area contributed by atoms with Gasteiger partial charge in [-0.15, -0.1) is 0 Å². The van der Waals surface area contributed by atoms with E-state index in [1.807, 2.05) is 25.1 Å². The lowest BCUT2D eigenvalue weighted by molar-refractivity contribution is -0.123. The van der Waals surface area contributed by atoms with Gasteiger partial charge in [-0.2, -0.15) is 0 Å². The van der Waals surface area contributed by atoms with Gasteiger partial charge < -0.3 is 19.8 Å². The van der Waals surface area contributed by atoms with Crippen molar-refractivity contribution in [1.82, 2.24) is 4.98 Å². The molecule has 0 aliphatic heterocycles. The van der Waals surface area contributed by atoms with Crippen molar-refractivity contribution in [1.29, 1.82) is 0 Å². The minimum absolute atomic E-state index is 0.128. The van der Waals surface area contributed by atoms with Crippen molar-refractivity contribution in [3.05, 3.63) is 52.3 Å². The number of benzene rings is 1. The summed E-state index contributed by atoms with van der Waals surface area (Å²) in [6, 6.07) is 7.31. The van der Waals surface area contributed by atoms with Gasteiger partial charge in [0.25, 0.3) is 5.91 Å². The van der Waals surface area contributed by atoms with Crippen molar-refractivity contribution in [2.75, 3.05) is 5.32 Å². The van der Waals surface area contributed by atoms with Crippen LogP contribution in [0.4, 0.5) is 5.69 Å². The van der Waals surface area contributed by atoms with E-state index in [4.69, 9.17) is 9.47 Å². The summed E-state index contributed by atoms with van der Waals surface area (Å²) in [6.07, 6.45) is -1.29. The molecule has 1 heterocycles. The smallest absolute Gasteiger partial charge is 0.355 e. The number of aryl methyl sites for hydroxylation is 2. The van der Waals surface area contributed by atoms with E-state index in [-0.39, 0.29) is 11.8 Å². The normalized spacial score (nSPS) is 11.8. The number of nitrogens with one attached hydrogen (secondary N) is 2. The third-order valence-corrected chi connectivity index (χ3v) is 4.13. The number of rotatable bonds is 6. The molecule has 2 N–H and O–H groups in total. The van der Waals surface area contributed by atoms with Crippen molar-refractivity contribution in [3.8, 4) is 0 Å². The number of anilines is 1. The monoisotopic (exact) mass is 386 g/mol. The van der Waals surface area contributed by atoms with E-state index in [0.29, 0.717) is 22.5 Å². The zero-order valence-corrected chi connectivity index (χ0v) is 17.0. The Morgan fingerprint density at radius 3 is 2.29 bits per heavy atom. The molecule has 150 valence electrons. The number of hydrogen-bond donors (Lipinski definition) is 2. The van der Waals surface area contributed by atoms with Gasteiger partial charge in [0.2, 0.25) is 0 Å². The molecule has 7 nitrogen and oxygen atoms in total. The summed E-state index contributed by atoms with van der Waals surface area (Å²) in [6.45, 7) is 10.2. The molecule has 2 rings (SSSR count). The largest absolute Gasteiger partial charge is 0.459 e. The molecule has 1 atom stereocenters. The van der Waals surface area contributed by atoms with Crippen LogP contribution in [0, 0.1) is 20.8 Å². The standard InChI is InChI=1S/C21H26N2O5/c1-11(2)27-20(25)17-13(4)18(22-14(17)5)21(26)28-15(6)19(24)23-16-9-7-8-12(3)10-16/h7-11,15,22H,1-6H3,(H,23,24)/t15-/m1/s1. The molecule has 0 aliphatic rings. The third kappa shape index (κ3) is 5.00. The quantitative estimate of drug-likeness (QED) is 0.738. The predicted octanol–water partition coefficient (Wildman–Crippen LogP) is 3.69. The number of aromatic amines is 1. The topological polar surface area (TPSA) is 97.5 Å². The van der Waals surface area contributed by atoms with Crippen LogP contribution in [-0.2, 0) is 14.3 Å². The van der Waals surface area contributed by atoms with Crippen molar-refractivity contribution < 1.29 is 23.9 Å². The van der Waals surface area contributed by atoms with E-state index in [9.17, 15) is 14.4 Å². The highest BCUT2D eigenvalue weighted by molar-refractivity contribution is 6.00. The van der Waals surface area contributed by atoms with Crippen LogP contribution in [0.25, 0.3) is 0 Å². The number of aromatic nitrogens is 1. The number of carbonyl (C=O) groups excluding carboxylic acids is 3. The van der Waals surface area contributed by atoms with Crippen molar-refractivity contribution in [2.24, 2.45) is 0 Å².